The quantitative estimate of drug-likeness (QED) is 0.445. The van der Waals surface area contributed by atoms with Gasteiger partial charge in [0.1, 0.15) is 17.2 Å². The molecule has 0 saturated heterocycles. The highest BCUT2D eigenvalue weighted by atomic mass is 35.5. The molecule has 142 valence electrons. The number of hydrogen-bond acceptors (Lipinski definition) is 6. The number of benzene rings is 2. The molecule has 0 bridgehead atoms. The molecule has 0 heterocycles. The van der Waals surface area contributed by atoms with Gasteiger partial charge >= 0.3 is 0 Å². The van der Waals surface area contributed by atoms with Crippen LogP contribution in [0.15, 0.2) is 41.5 Å². The van der Waals surface area contributed by atoms with Crippen LogP contribution in [-0.2, 0) is 4.79 Å². The van der Waals surface area contributed by atoms with Crippen molar-refractivity contribution >= 4 is 34.8 Å². The van der Waals surface area contributed by atoms with Gasteiger partial charge in [0.15, 0.2) is 0 Å². The van der Waals surface area contributed by atoms with E-state index in [0.29, 0.717) is 22.2 Å². The number of aromatic hydroxyl groups is 2. The first-order chi connectivity index (χ1) is 12.8. The summed E-state index contributed by atoms with van der Waals surface area (Å²) in [6.07, 6.45) is -0.0640. The Morgan fingerprint density at radius 2 is 1.93 bits per heavy atom. The SMILES string of the molecule is COc1ccc(NC(=O)C/C(C)=N/NC(=O)c2ccc(O)cc2O)cc1Cl. The zero-order chi connectivity index (χ0) is 20.0. The van der Waals surface area contributed by atoms with Crippen LogP contribution in [0.25, 0.3) is 0 Å². The molecular weight excluding hydrogens is 374 g/mol. The summed E-state index contributed by atoms with van der Waals surface area (Å²) in [5, 5.41) is 25.7. The number of hydrogen-bond donors (Lipinski definition) is 4. The second kappa shape index (κ2) is 8.91. The number of carbonyl (C=O) groups is 2. The lowest BCUT2D eigenvalue weighted by Crippen LogP contribution is -2.21. The van der Waals surface area contributed by atoms with Gasteiger partial charge in [0, 0.05) is 17.5 Å². The Morgan fingerprint density at radius 1 is 1.19 bits per heavy atom. The number of ether oxygens (including phenoxy) is 1. The fraction of sp³-hybridized carbons (Fsp3) is 0.167. The molecule has 8 nitrogen and oxygen atoms in total. The van der Waals surface area contributed by atoms with Crippen LogP contribution in [0.5, 0.6) is 17.2 Å². The molecule has 2 rings (SSSR count). The predicted molar refractivity (Wildman–Crippen MR) is 102 cm³/mol. The van der Waals surface area contributed by atoms with Crippen LogP contribution in [0, 0.1) is 0 Å². The first-order valence-electron chi connectivity index (χ1n) is 7.79. The molecule has 0 aromatic heterocycles. The highest BCUT2D eigenvalue weighted by Gasteiger charge is 2.12. The topological polar surface area (TPSA) is 120 Å². The standard InChI is InChI=1S/C18H18ClN3O5/c1-10(21-22-18(26)13-5-4-12(23)9-15(13)24)7-17(25)20-11-3-6-16(27-2)14(19)8-11/h3-6,8-9,23-24H,7H2,1-2H3,(H,20,25)(H,22,26)/b21-10+. The Kier molecular flexibility index (Phi) is 6.62. The molecule has 0 fully saturated rings. The molecule has 2 amide bonds. The smallest absolute Gasteiger partial charge is 0.275 e. The second-order valence-electron chi connectivity index (χ2n) is 5.56. The fourth-order valence-corrected chi connectivity index (χ4v) is 2.40. The maximum atomic E-state index is 12.0. The van der Waals surface area contributed by atoms with Gasteiger partial charge in [-0.25, -0.2) is 5.43 Å². The number of methoxy groups -OCH3 is 1. The van der Waals surface area contributed by atoms with E-state index in [4.69, 9.17) is 16.3 Å². The van der Waals surface area contributed by atoms with Crippen LogP contribution in [0.2, 0.25) is 5.02 Å². The van der Waals surface area contributed by atoms with E-state index in [-0.39, 0.29) is 29.4 Å². The Hall–Kier alpha value is -3.26. The first-order valence-corrected chi connectivity index (χ1v) is 8.17. The van der Waals surface area contributed by atoms with Crippen molar-refractivity contribution in [1.82, 2.24) is 5.43 Å². The highest BCUT2D eigenvalue weighted by Crippen LogP contribution is 2.27. The Bertz CT molecular complexity index is 899. The van der Waals surface area contributed by atoms with Gasteiger partial charge in [0.25, 0.3) is 5.91 Å². The van der Waals surface area contributed by atoms with E-state index >= 15 is 0 Å². The number of anilines is 1. The summed E-state index contributed by atoms with van der Waals surface area (Å²) in [4.78, 5) is 24.0. The Labute approximate surface area is 160 Å². The van der Waals surface area contributed by atoms with Crippen LogP contribution >= 0.6 is 11.6 Å². The molecule has 0 spiro atoms. The molecule has 4 N–H and O–H groups in total. The summed E-state index contributed by atoms with van der Waals surface area (Å²) < 4.78 is 5.04. The number of carbonyl (C=O) groups excluding carboxylic acids is 2. The minimum absolute atomic E-state index is 0.0540. The minimum Gasteiger partial charge on any atom is -0.508 e. The molecule has 0 saturated carbocycles. The van der Waals surface area contributed by atoms with Gasteiger partial charge in [-0.05, 0) is 37.3 Å². The third kappa shape index (κ3) is 5.61. The van der Waals surface area contributed by atoms with Crippen molar-refractivity contribution in [3.05, 3.63) is 47.0 Å². The number of nitrogens with one attached hydrogen (secondary N) is 2. The molecule has 0 atom stereocenters. The van der Waals surface area contributed by atoms with Gasteiger partial charge in [-0.2, -0.15) is 5.10 Å². The molecule has 9 heteroatoms. The van der Waals surface area contributed by atoms with Crippen molar-refractivity contribution in [2.24, 2.45) is 5.10 Å². The molecular formula is C18H18ClN3O5. The lowest BCUT2D eigenvalue weighted by molar-refractivity contribution is -0.115. The number of rotatable bonds is 6. The third-order valence-electron chi connectivity index (χ3n) is 3.43. The molecule has 0 aliphatic heterocycles. The van der Waals surface area contributed by atoms with Crippen LogP contribution in [-0.4, -0.2) is 34.8 Å². The predicted octanol–water partition coefficient (Wildman–Crippen LogP) is 2.89. The molecule has 27 heavy (non-hydrogen) atoms. The number of hydrazone groups is 1. The van der Waals surface area contributed by atoms with Crippen LogP contribution in [0.1, 0.15) is 23.7 Å². The zero-order valence-corrected chi connectivity index (χ0v) is 15.4. The summed E-state index contributed by atoms with van der Waals surface area (Å²) in [6, 6.07) is 8.39. The van der Waals surface area contributed by atoms with Crippen LogP contribution in [0.4, 0.5) is 5.69 Å². The average Bonchev–Trinajstić information content (AvgIpc) is 2.59. The molecule has 2 aromatic rings. The summed E-state index contributed by atoms with van der Waals surface area (Å²) in [5.74, 6) is -1.07. The second-order valence-corrected chi connectivity index (χ2v) is 5.97. The normalized spacial score (nSPS) is 11.0. The first kappa shape index (κ1) is 20.1. The highest BCUT2D eigenvalue weighted by molar-refractivity contribution is 6.32. The monoisotopic (exact) mass is 391 g/mol. The number of phenols is 2. The van der Waals surface area contributed by atoms with E-state index < -0.39 is 5.91 Å². The maximum Gasteiger partial charge on any atom is 0.275 e. The zero-order valence-electron chi connectivity index (χ0n) is 14.6. The van der Waals surface area contributed by atoms with Crippen molar-refractivity contribution < 1.29 is 24.5 Å². The van der Waals surface area contributed by atoms with Crippen molar-refractivity contribution in [3.63, 3.8) is 0 Å². The van der Waals surface area contributed by atoms with E-state index in [1.807, 2.05) is 0 Å². The van der Waals surface area contributed by atoms with E-state index in [2.05, 4.69) is 15.8 Å². The van der Waals surface area contributed by atoms with Gasteiger partial charge in [-0.3, -0.25) is 9.59 Å². The van der Waals surface area contributed by atoms with E-state index in [0.717, 1.165) is 6.07 Å². The summed E-state index contributed by atoms with van der Waals surface area (Å²) in [6.45, 7) is 1.57. The molecule has 0 aliphatic rings. The minimum atomic E-state index is -0.672. The van der Waals surface area contributed by atoms with Crippen LogP contribution in [0.3, 0.4) is 0 Å². The molecule has 0 radical (unpaired) electrons. The Balaban J connectivity index is 1.93. The Morgan fingerprint density at radius 3 is 2.56 bits per heavy atom. The van der Waals surface area contributed by atoms with Gasteiger partial charge in [-0.15, -0.1) is 0 Å². The molecule has 0 unspecified atom stereocenters. The average molecular weight is 392 g/mol. The van der Waals surface area contributed by atoms with Crippen molar-refractivity contribution in [1.29, 1.82) is 0 Å². The van der Waals surface area contributed by atoms with E-state index in [1.54, 1.807) is 25.1 Å². The van der Waals surface area contributed by atoms with E-state index in [9.17, 15) is 19.8 Å². The lowest BCUT2D eigenvalue weighted by atomic mass is 10.2. The van der Waals surface area contributed by atoms with E-state index in [1.165, 1.54) is 19.2 Å². The van der Waals surface area contributed by atoms with Crippen LogP contribution < -0.4 is 15.5 Å². The molecule has 2 aromatic carbocycles. The maximum absolute atomic E-state index is 12.0. The van der Waals surface area contributed by atoms with Gasteiger partial charge in [-0.1, -0.05) is 11.6 Å². The third-order valence-corrected chi connectivity index (χ3v) is 3.72. The van der Waals surface area contributed by atoms with Gasteiger partial charge in [0.05, 0.1) is 24.1 Å². The van der Waals surface area contributed by atoms with Gasteiger partial charge < -0.3 is 20.3 Å². The summed E-state index contributed by atoms with van der Waals surface area (Å²) >= 11 is 6.00. The number of amides is 2. The number of halogens is 1. The molecule has 0 aliphatic carbocycles. The number of phenolic OH excluding ortho intramolecular Hbond substituents is 2. The van der Waals surface area contributed by atoms with Gasteiger partial charge in [0.2, 0.25) is 5.91 Å². The van der Waals surface area contributed by atoms with Crippen molar-refractivity contribution in [2.45, 2.75) is 13.3 Å². The summed E-state index contributed by atoms with van der Waals surface area (Å²) in [7, 11) is 1.49. The largest absolute Gasteiger partial charge is 0.508 e. The van der Waals surface area contributed by atoms with Crippen molar-refractivity contribution in [2.75, 3.05) is 12.4 Å². The fourth-order valence-electron chi connectivity index (χ4n) is 2.14. The van der Waals surface area contributed by atoms with Crippen molar-refractivity contribution in [3.8, 4) is 17.2 Å². The number of nitrogens with zero attached hydrogens (tertiary/aromatic N) is 1. The summed E-state index contributed by atoms with van der Waals surface area (Å²) in [5.41, 5.74) is 3.03. The lowest BCUT2D eigenvalue weighted by Gasteiger charge is -2.08.